The SMILES string of the molecule is C=CCN1C(=O)/C(=C/c2ccccc2OC(C)C(=O)O)SC1=Nc1cccc(O)c1. The molecule has 1 amide bonds. The van der Waals surface area contributed by atoms with Crippen LogP contribution < -0.4 is 4.74 Å². The average molecular weight is 424 g/mol. The summed E-state index contributed by atoms with van der Waals surface area (Å²) in [7, 11) is 0. The zero-order valence-electron chi connectivity index (χ0n) is 16.2. The maximum atomic E-state index is 12.9. The topological polar surface area (TPSA) is 99.4 Å². The molecule has 7 nitrogen and oxygen atoms in total. The van der Waals surface area contributed by atoms with Crippen LogP contribution in [0.5, 0.6) is 11.5 Å². The first kappa shape index (κ1) is 21.2. The highest BCUT2D eigenvalue weighted by molar-refractivity contribution is 8.18. The Balaban J connectivity index is 1.95. The highest BCUT2D eigenvalue weighted by atomic mass is 32.2. The highest BCUT2D eigenvalue weighted by Gasteiger charge is 2.33. The largest absolute Gasteiger partial charge is 0.508 e. The Bertz CT molecular complexity index is 1050. The molecule has 1 unspecified atom stereocenters. The van der Waals surface area contributed by atoms with Gasteiger partial charge in [-0.15, -0.1) is 6.58 Å². The summed E-state index contributed by atoms with van der Waals surface area (Å²) in [4.78, 5) is 30.4. The molecule has 2 aromatic carbocycles. The van der Waals surface area contributed by atoms with E-state index in [0.29, 0.717) is 27.1 Å². The number of carbonyl (C=O) groups excluding carboxylic acids is 1. The number of aromatic hydroxyl groups is 1. The summed E-state index contributed by atoms with van der Waals surface area (Å²) < 4.78 is 5.51. The molecule has 0 aliphatic carbocycles. The monoisotopic (exact) mass is 424 g/mol. The van der Waals surface area contributed by atoms with Crippen LogP contribution in [0.1, 0.15) is 12.5 Å². The van der Waals surface area contributed by atoms with Crippen molar-refractivity contribution in [3.63, 3.8) is 0 Å². The van der Waals surface area contributed by atoms with Crippen molar-refractivity contribution in [1.29, 1.82) is 0 Å². The molecule has 1 aliphatic rings. The number of carboxylic acid groups (broad SMARTS) is 1. The Morgan fingerprint density at radius 2 is 2.07 bits per heavy atom. The molecule has 0 aromatic heterocycles. The number of aliphatic imine (C=N–C) groups is 1. The summed E-state index contributed by atoms with van der Waals surface area (Å²) in [5.74, 6) is -0.890. The number of rotatable bonds is 7. The summed E-state index contributed by atoms with van der Waals surface area (Å²) in [6.07, 6.45) is 2.22. The fourth-order valence-electron chi connectivity index (χ4n) is 2.64. The van der Waals surface area contributed by atoms with Gasteiger partial charge in [0.25, 0.3) is 5.91 Å². The minimum atomic E-state index is -1.08. The van der Waals surface area contributed by atoms with Crippen molar-refractivity contribution in [2.45, 2.75) is 13.0 Å². The van der Waals surface area contributed by atoms with E-state index in [1.165, 1.54) is 29.7 Å². The van der Waals surface area contributed by atoms with Gasteiger partial charge in [-0.1, -0.05) is 30.3 Å². The van der Waals surface area contributed by atoms with Gasteiger partial charge in [-0.05, 0) is 43.0 Å². The number of hydrogen-bond donors (Lipinski definition) is 2. The van der Waals surface area contributed by atoms with Crippen LogP contribution in [0.4, 0.5) is 5.69 Å². The predicted octanol–water partition coefficient (Wildman–Crippen LogP) is 4.03. The van der Waals surface area contributed by atoms with Gasteiger partial charge in [-0.25, -0.2) is 9.79 Å². The van der Waals surface area contributed by atoms with E-state index < -0.39 is 12.1 Å². The normalized spacial score (nSPS) is 17.4. The summed E-state index contributed by atoms with van der Waals surface area (Å²) >= 11 is 1.18. The second-order valence-electron chi connectivity index (χ2n) is 6.37. The molecule has 0 bridgehead atoms. The van der Waals surface area contributed by atoms with E-state index in [4.69, 9.17) is 9.84 Å². The van der Waals surface area contributed by atoms with Crippen LogP contribution in [0.15, 0.2) is 71.1 Å². The molecule has 1 atom stereocenters. The molecule has 0 spiro atoms. The van der Waals surface area contributed by atoms with Crippen LogP contribution >= 0.6 is 11.8 Å². The van der Waals surface area contributed by atoms with Crippen LogP contribution in [0, 0.1) is 0 Å². The van der Waals surface area contributed by atoms with E-state index in [1.807, 2.05) is 0 Å². The van der Waals surface area contributed by atoms with Gasteiger partial charge in [0.2, 0.25) is 0 Å². The molecule has 2 N–H and O–H groups in total. The predicted molar refractivity (Wildman–Crippen MR) is 117 cm³/mol. The summed E-state index contributed by atoms with van der Waals surface area (Å²) in [6.45, 7) is 5.40. The van der Waals surface area contributed by atoms with Crippen molar-refractivity contribution >= 4 is 40.6 Å². The number of carbonyl (C=O) groups is 2. The molecule has 30 heavy (non-hydrogen) atoms. The molecule has 0 radical (unpaired) electrons. The zero-order chi connectivity index (χ0) is 21.7. The van der Waals surface area contributed by atoms with Crippen molar-refractivity contribution in [2.75, 3.05) is 6.54 Å². The van der Waals surface area contributed by atoms with Gasteiger partial charge >= 0.3 is 5.97 Å². The first-order valence-electron chi connectivity index (χ1n) is 9.07. The molecule has 1 heterocycles. The van der Waals surface area contributed by atoms with Crippen molar-refractivity contribution in [3.8, 4) is 11.5 Å². The molecule has 2 aromatic rings. The maximum absolute atomic E-state index is 12.9. The van der Waals surface area contributed by atoms with Crippen molar-refractivity contribution < 1.29 is 24.5 Å². The van der Waals surface area contributed by atoms with E-state index in [9.17, 15) is 14.7 Å². The number of para-hydroxylation sites is 1. The molecule has 1 fully saturated rings. The number of amides is 1. The number of phenolic OH excluding ortho intramolecular Hbond substituents is 1. The Labute approximate surface area is 178 Å². The quantitative estimate of drug-likeness (QED) is 0.514. The molecule has 8 heteroatoms. The van der Waals surface area contributed by atoms with E-state index in [-0.39, 0.29) is 18.2 Å². The standard InChI is InChI=1S/C22H20N2O5S/c1-3-11-24-20(26)19(30-22(24)23-16-8-6-9-17(25)13-16)12-15-7-4-5-10-18(15)29-14(2)21(27)28/h3-10,12-14,25H,1,11H2,2H3,(H,27,28)/b19-12-,23-22?. The molecule has 0 saturated carbocycles. The van der Waals surface area contributed by atoms with Gasteiger partial charge in [0.15, 0.2) is 11.3 Å². The Morgan fingerprint density at radius 1 is 1.30 bits per heavy atom. The number of nitrogens with zero attached hydrogens (tertiary/aromatic N) is 2. The number of phenols is 1. The van der Waals surface area contributed by atoms with Crippen LogP contribution in [-0.2, 0) is 9.59 Å². The molecular formula is C22H20N2O5S. The molecule has 1 saturated heterocycles. The van der Waals surface area contributed by atoms with Crippen molar-refractivity contribution in [2.24, 2.45) is 4.99 Å². The Kier molecular flexibility index (Phi) is 6.58. The fourth-order valence-corrected chi connectivity index (χ4v) is 3.64. The van der Waals surface area contributed by atoms with Gasteiger partial charge < -0.3 is 14.9 Å². The van der Waals surface area contributed by atoms with Gasteiger partial charge in [0.05, 0.1) is 10.6 Å². The van der Waals surface area contributed by atoms with Gasteiger partial charge in [0, 0.05) is 18.2 Å². The van der Waals surface area contributed by atoms with E-state index in [0.717, 1.165) is 0 Å². The maximum Gasteiger partial charge on any atom is 0.344 e. The van der Waals surface area contributed by atoms with Crippen LogP contribution in [0.2, 0.25) is 0 Å². The minimum Gasteiger partial charge on any atom is -0.508 e. The average Bonchev–Trinajstić information content (AvgIpc) is 2.98. The summed E-state index contributed by atoms with van der Waals surface area (Å²) in [5, 5.41) is 19.2. The van der Waals surface area contributed by atoms with E-state index in [1.54, 1.807) is 54.6 Å². The van der Waals surface area contributed by atoms with Gasteiger partial charge in [-0.2, -0.15) is 0 Å². The number of amidine groups is 1. The highest BCUT2D eigenvalue weighted by Crippen LogP contribution is 2.36. The third-order valence-corrected chi connectivity index (χ3v) is 5.12. The Hall–Kier alpha value is -3.52. The summed E-state index contributed by atoms with van der Waals surface area (Å²) in [5.41, 5.74) is 1.10. The second-order valence-corrected chi connectivity index (χ2v) is 7.37. The van der Waals surface area contributed by atoms with Crippen LogP contribution in [0.25, 0.3) is 6.08 Å². The first-order chi connectivity index (χ1) is 14.4. The smallest absolute Gasteiger partial charge is 0.344 e. The number of thioether (sulfide) groups is 1. The third-order valence-electron chi connectivity index (χ3n) is 4.11. The lowest BCUT2D eigenvalue weighted by Crippen LogP contribution is -2.29. The van der Waals surface area contributed by atoms with E-state index >= 15 is 0 Å². The molecule has 3 rings (SSSR count). The number of aliphatic carboxylic acids is 1. The zero-order valence-corrected chi connectivity index (χ0v) is 17.0. The molecular weight excluding hydrogens is 404 g/mol. The van der Waals surface area contributed by atoms with E-state index in [2.05, 4.69) is 11.6 Å². The lowest BCUT2D eigenvalue weighted by molar-refractivity contribution is -0.144. The lowest BCUT2D eigenvalue weighted by atomic mass is 10.2. The number of benzene rings is 2. The summed E-state index contributed by atoms with van der Waals surface area (Å²) in [6, 6.07) is 13.3. The van der Waals surface area contributed by atoms with Crippen molar-refractivity contribution in [3.05, 3.63) is 71.7 Å². The van der Waals surface area contributed by atoms with Crippen molar-refractivity contribution in [1.82, 2.24) is 4.90 Å². The lowest BCUT2D eigenvalue weighted by Gasteiger charge is -2.13. The third kappa shape index (κ3) is 4.90. The second kappa shape index (κ2) is 9.32. The Morgan fingerprint density at radius 3 is 2.77 bits per heavy atom. The number of hydrogen-bond acceptors (Lipinski definition) is 6. The number of ether oxygens (including phenoxy) is 1. The van der Waals surface area contributed by atoms with Crippen LogP contribution in [-0.4, -0.2) is 44.8 Å². The minimum absolute atomic E-state index is 0.0795. The molecule has 1 aliphatic heterocycles. The van der Waals surface area contributed by atoms with Crippen LogP contribution in [0.3, 0.4) is 0 Å². The van der Waals surface area contributed by atoms with Gasteiger partial charge in [-0.3, -0.25) is 9.69 Å². The number of carboxylic acids is 1. The first-order valence-corrected chi connectivity index (χ1v) is 9.89. The molecule has 154 valence electrons. The van der Waals surface area contributed by atoms with Gasteiger partial charge in [0.1, 0.15) is 11.5 Å². The fraction of sp³-hybridized carbons (Fsp3) is 0.136.